The lowest BCUT2D eigenvalue weighted by Crippen LogP contribution is -2.13. The number of pyridine rings is 1. The van der Waals surface area contributed by atoms with E-state index in [1.54, 1.807) is 48.5 Å². The van der Waals surface area contributed by atoms with Crippen molar-refractivity contribution in [2.45, 2.75) is 11.8 Å². The summed E-state index contributed by atoms with van der Waals surface area (Å²) < 4.78 is 40.3. The minimum Gasteiger partial charge on any atom is -0.340 e. The van der Waals surface area contributed by atoms with Gasteiger partial charge in [0.05, 0.1) is 16.8 Å². The molecule has 2 N–H and O–H groups in total. The smallest absolute Gasteiger partial charge is 0.261 e. The van der Waals surface area contributed by atoms with Gasteiger partial charge in [0.1, 0.15) is 11.6 Å². The van der Waals surface area contributed by atoms with Gasteiger partial charge in [0.2, 0.25) is 0 Å². The van der Waals surface area contributed by atoms with Crippen LogP contribution in [0.4, 0.5) is 21.6 Å². The minimum atomic E-state index is -3.67. The molecule has 0 radical (unpaired) electrons. The summed E-state index contributed by atoms with van der Waals surface area (Å²) in [7, 11) is -3.67. The first-order valence-electron chi connectivity index (χ1n) is 7.50. The largest absolute Gasteiger partial charge is 0.340 e. The van der Waals surface area contributed by atoms with Crippen molar-refractivity contribution in [3.05, 3.63) is 78.2 Å². The molecule has 25 heavy (non-hydrogen) atoms. The van der Waals surface area contributed by atoms with Crippen LogP contribution in [0.3, 0.4) is 0 Å². The Morgan fingerprint density at radius 2 is 1.72 bits per heavy atom. The van der Waals surface area contributed by atoms with Gasteiger partial charge in [-0.25, -0.2) is 17.8 Å². The fourth-order valence-corrected chi connectivity index (χ4v) is 3.22. The molecule has 0 bridgehead atoms. The maximum absolute atomic E-state index is 13.2. The van der Waals surface area contributed by atoms with Crippen molar-refractivity contribution in [1.29, 1.82) is 0 Å². The van der Waals surface area contributed by atoms with E-state index in [-0.39, 0.29) is 10.7 Å². The Bertz CT molecular complexity index is 972. The summed E-state index contributed by atoms with van der Waals surface area (Å²) in [4.78, 5) is 4.32. The summed E-state index contributed by atoms with van der Waals surface area (Å²) in [5, 5.41) is 2.94. The molecule has 0 aliphatic rings. The monoisotopic (exact) mass is 357 g/mol. The maximum Gasteiger partial charge on any atom is 0.261 e. The van der Waals surface area contributed by atoms with Crippen molar-refractivity contribution in [2.75, 3.05) is 10.0 Å². The van der Waals surface area contributed by atoms with Gasteiger partial charge in [0.25, 0.3) is 10.0 Å². The molecule has 7 heteroatoms. The lowest BCUT2D eigenvalue weighted by molar-refractivity contribution is 0.601. The van der Waals surface area contributed by atoms with E-state index in [1.165, 1.54) is 18.3 Å². The van der Waals surface area contributed by atoms with Crippen molar-refractivity contribution >= 4 is 27.2 Å². The van der Waals surface area contributed by atoms with Gasteiger partial charge in [-0.15, -0.1) is 0 Å². The first kappa shape index (κ1) is 16.9. The number of rotatable bonds is 5. The molecule has 0 amide bonds. The number of nitrogens with one attached hydrogen (secondary N) is 2. The average Bonchev–Trinajstić information content (AvgIpc) is 2.57. The molecule has 0 fully saturated rings. The van der Waals surface area contributed by atoms with Crippen molar-refractivity contribution in [2.24, 2.45) is 0 Å². The standard InChI is InChI=1S/C18H16FN3O2S/c1-13-5-8-17(9-6-13)25(23,24)22-16-7-10-18(20-12-16)21-15-4-2-3-14(19)11-15/h2-12,22H,1H3,(H,20,21). The topological polar surface area (TPSA) is 71.1 Å². The van der Waals surface area contributed by atoms with Gasteiger partial charge in [0.15, 0.2) is 0 Å². The van der Waals surface area contributed by atoms with Gasteiger partial charge in [0, 0.05) is 5.69 Å². The number of anilines is 3. The van der Waals surface area contributed by atoms with Gasteiger partial charge in [-0.3, -0.25) is 4.72 Å². The molecule has 0 atom stereocenters. The van der Waals surface area contributed by atoms with Crippen LogP contribution in [-0.2, 0) is 10.0 Å². The number of sulfonamides is 1. The Hall–Kier alpha value is -2.93. The van der Waals surface area contributed by atoms with E-state index in [2.05, 4.69) is 15.0 Å². The molecule has 2 aromatic carbocycles. The zero-order chi connectivity index (χ0) is 17.9. The molecule has 128 valence electrons. The number of halogens is 1. The Balaban J connectivity index is 1.73. The average molecular weight is 357 g/mol. The fourth-order valence-electron chi connectivity index (χ4n) is 2.17. The number of hydrogen-bond donors (Lipinski definition) is 2. The van der Waals surface area contributed by atoms with Crippen LogP contribution in [0.5, 0.6) is 0 Å². The zero-order valence-corrected chi connectivity index (χ0v) is 14.2. The van der Waals surface area contributed by atoms with Gasteiger partial charge in [-0.2, -0.15) is 0 Å². The Morgan fingerprint density at radius 1 is 0.960 bits per heavy atom. The molecule has 5 nitrogen and oxygen atoms in total. The van der Waals surface area contributed by atoms with Crippen LogP contribution in [0.1, 0.15) is 5.56 Å². The lowest BCUT2D eigenvalue weighted by atomic mass is 10.2. The highest BCUT2D eigenvalue weighted by Gasteiger charge is 2.13. The minimum absolute atomic E-state index is 0.181. The maximum atomic E-state index is 13.2. The summed E-state index contributed by atoms with van der Waals surface area (Å²) in [6, 6.07) is 15.7. The Labute approximate surface area is 145 Å². The molecule has 0 aliphatic heterocycles. The molecule has 0 aliphatic carbocycles. The van der Waals surface area contributed by atoms with Crippen LogP contribution in [0.2, 0.25) is 0 Å². The molecule has 1 heterocycles. The number of aryl methyl sites for hydroxylation is 1. The second kappa shape index (κ2) is 6.90. The number of nitrogens with zero attached hydrogens (tertiary/aromatic N) is 1. The molecular formula is C18H16FN3O2S. The highest BCUT2D eigenvalue weighted by Crippen LogP contribution is 2.19. The SMILES string of the molecule is Cc1ccc(S(=O)(=O)Nc2ccc(Nc3cccc(F)c3)nc2)cc1. The zero-order valence-electron chi connectivity index (χ0n) is 13.4. The predicted octanol–water partition coefficient (Wildman–Crippen LogP) is 4.07. The highest BCUT2D eigenvalue weighted by molar-refractivity contribution is 7.92. The van der Waals surface area contributed by atoms with Crippen LogP contribution < -0.4 is 10.0 Å². The summed E-state index contributed by atoms with van der Waals surface area (Å²) in [5.74, 6) is 0.122. The van der Waals surface area contributed by atoms with E-state index < -0.39 is 10.0 Å². The summed E-state index contributed by atoms with van der Waals surface area (Å²) in [6.07, 6.45) is 1.40. The van der Waals surface area contributed by atoms with Gasteiger partial charge >= 0.3 is 0 Å². The van der Waals surface area contributed by atoms with Crippen molar-refractivity contribution in [3.63, 3.8) is 0 Å². The number of benzene rings is 2. The summed E-state index contributed by atoms with van der Waals surface area (Å²) >= 11 is 0. The second-order valence-corrected chi connectivity index (χ2v) is 7.17. The normalized spacial score (nSPS) is 11.1. The molecule has 0 unspecified atom stereocenters. The van der Waals surface area contributed by atoms with E-state index in [4.69, 9.17) is 0 Å². The van der Waals surface area contributed by atoms with E-state index in [0.29, 0.717) is 17.2 Å². The molecule has 0 saturated heterocycles. The lowest BCUT2D eigenvalue weighted by Gasteiger charge is -2.09. The van der Waals surface area contributed by atoms with E-state index in [0.717, 1.165) is 5.56 Å². The van der Waals surface area contributed by atoms with Gasteiger partial charge < -0.3 is 5.32 Å². The van der Waals surface area contributed by atoms with Crippen molar-refractivity contribution in [1.82, 2.24) is 4.98 Å². The van der Waals surface area contributed by atoms with Gasteiger partial charge in [-0.1, -0.05) is 23.8 Å². The molecule has 0 saturated carbocycles. The molecule has 0 spiro atoms. The first-order valence-corrected chi connectivity index (χ1v) is 8.99. The van der Waals surface area contributed by atoms with Crippen molar-refractivity contribution in [3.8, 4) is 0 Å². The molecule has 1 aromatic heterocycles. The van der Waals surface area contributed by atoms with Crippen LogP contribution in [-0.4, -0.2) is 13.4 Å². The summed E-state index contributed by atoms with van der Waals surface area (Å²) in [5.41, 5.74) is 1.87. The molecule has 3 aromatic rings. The number of hydrogen-bond acceptors (Lipinski definition) is 4. The Kier molecular flexibility index (Phi) is 4.67. The van der Waals surface area contributed by atoms with E-state index in [1.807, 2.05) is 6.92 Å². The van der Waals surface area contributed by atoms with E-state index >= 15 is 0 Å². The quantitative estimate of drug-likeness (QED) is 0.722. The first-order chi connectivity index (χ1) is 11.9. The second-order valence-electron chi connectivity index (χ2n) is 5.49. The predicted molar refractivity (Wildman–Crippen MR) is 95.9 cm³/mol. The third-order valence-corrected chi connectivity index (χ3v) is 4.84. The van der Waals surface area contributed by atoms with E-state index in [9.17, 15) is 12.8 Å². The highest BCUT2D eigenvalue weighted by atomic mass is 32.2. The third-order valence-electron chi connectivity index (χ3n) is 3.44. The van der Waals surface area contributed by atoms with Crippen LogP contribution in [0.25, 0.3) is 0 Å². The van der Waals surface area contributed by atoms with Gasteiger partial charge in [-0.05, 0) is 49.4 Å². The Morgan fingerprint density at radius 3 is 2.36 bits per heavy atom. The fraction of sp³-hybridized carbons (Fsp3) is 0.0556. The summed E-state index contributed by atoms with van der Waals surface area (Å²) in [6.45, 7) is 1.89. The van der Waals surface area contributed by atoms with Crippen LogP contribution in [0, 0.1) is 12.7 Å². The third kappa shape index (κ3) is 4.33. The number of aromatic nitrogens is 1. The molecular weight excluding hydrogens is 341 g/mol. The van der Waals surface area contributed by atoms with Crippen LogP contribution in [0.15, 0.2) is 71.8 Å². The molecule has 3 rings (SSSR count). The van der Waals surface area contributed by atoms with Crippen LogP contribution >= 0.6 is 0 Å². The van der Waals surface area contributed by atoms with Crippen molar-refractivity contribution < 1.29 is 12.8 Å².